The van der Waals surface area contributed by atoms with Crippen molar-refractivity contribution in [3.8, 4) is 6.07 Å². The van der Waals surface area contributed by atoms with Gasteiger partial charge >= 0.3 is 13.2 Å². The van der Waals surface area contributed by atoms with Gasteiger partial charge in [-0.3, -0.25) is 4.79 Å². The predicted octanol–water partition coefficient (Wildman–Crippen LogP) is 5.24. The van der Waals surface area contributed by atoms with E-state index in [9.17, 15) is 14.9 Å². The summed E-state index contributed by atoms with van der Waals surface area (Å²) in [5, 5.41) is 12.6. The van der Waals surface area contributed by atoms with Crippen molar-refractivity contribution in [1.29, 1.82) is 5.26 Å². The number of ether oxygens (including phenoxy) is 1. The number of hydrogen-bond donors (Lipinski definition) is 1. The minimum Gasteiger partial charge on any atom is -0.449 e. The Morgan fingerprint density at radius 3 is 2.60 bits per heavy atom. The summed E-state index contributed by atoms with van der Waals surface area (Å²) < 4.78 is 19.0. The molecular formula is C33H46BN3O5. The summed E-state index contributed by atoms with van der Waals surface area (Å²) in [7, 11) is -0.567. The van der Waals surface area contributed by atoms with Crippen LogP contribution in [0.4, 0.5) is 4.79 Å². The molecule has 1 aromatic carbocycles. The quantitative estimate of drug-likeness (QED) is 0.271. The number of alkyl carbamates (subject to hydrolysis) is 1. The maximum Gasteiger partial charge on any atom is 0.482 e. The van der Waals surface area contributed by atoms with Crippen LogP contribution in [-0.4, -0.2) is 61.4 Å². The summed E-state index contributed by atoms with van der Waals surface area (Å²) >= 11 is 0. The SMILES string of the molecule is Cc1ccc(C[C@H](NC(=O)OC[C@H]2CCN(C(=O)C(C#N)=CC(C)(C)C)C2)B2O[C@@H]3C[C@@H]4C[C@@H](C4(C)C)[C@]3(C)O2)cc1. The average Bonchev–Trinajstić information content (AvgIpc) is 3.54. The zero-order valence-corrected chi connectivity index (χ0v) is 26.2. The standard InChI is InChI=1S/C33H46BN3O5/c1-21-8-10-22(11-9-21)14-28(34-41-27-16-25-15-26(32(25,5)6)33(27,7)42-34)36-30(39)40-20-23-12-13-37(19-23)29(38)24(18-35)17-31(2,3)4/h8-11,17,23,25-28H,12-16,19-20H2,1-7H3,(H,36,39)/t23-,25-,26-,27+,28-,33-/m0/s1. The molecule has 6 rings (SSSR count). The Labute approximate surface area is 251 Å². The maximum atomic E-state index is 13.1. The van der Waals surface area contributed by atoms with Gasteiger partial charge in [-0.25, -0.2) is 4.79 Å². The monoisotopic (exact) mass is 575 g/mol. The molecule has 0 aromatic heterocycles. The van der Waals surface area contributed by atoms with Gasteiger partial charge in [0, 0.05) is 19.0 Å². The number of benzene rings is 1. The van der Waals surface area contributed by atoms with E-state index >= 15 is 0 Å². The van der Waals surface area contributed by atoms with Crippen molar-refractivity contribution in [2.45, 2.75) is 91.8 Å². The Morgan fingerprint density at radius 2 is 1.95 bits per heavy atom. The smallest absolute Gasteiger partial charge is 0.449 e. The predicted molar refractivity (Wildman–Crippen MR) is 161 cm³/mol. The molecule has 0 unspecified atom stereocenters. The average molecular weight is 576 g/mol. The Morgan fingerprint density at radius 1 is 1.24 bits per heavy atom. The van der Waals surface area contributed by atoms with Crippen molar-refractivity contribution in [1.82, 2.24) is 10.2 Å². The highest BCUT2D eigenvalue weighted by Crippen LogP contribution is 2.65. The highest BCUT2D eigenvalue weighted by atomic mass is 16.7. The molecule has 2 bridgehead atoms. The van der Waals surface area contributed by atoms with E-state index in [1.54, 1.807) is 11.0 Å². The van der Waals surface area contributed by atoms with Gasteiger partial charge in [0.15, 0.2) is 0 Å². The van der Waals surface area contributed by atoms with Gasteiger partial charge in [-0.15, -0.1) is 0 Å². The van der Waals surface area contributed by atoms with Crippen LogP contribution in [-0.2, 0) is 25.3 Å². The second kappa shape index (κ2) is 11.4. The van der Waals surface area contributed by atoms with E-state index in [1.165, 1.54) is 5.56 Å². The van der Waals surface area contributed by atoms with Crippen LogP contribution in [0.3, 0.4) is 0 Å². The molecule has 5 aliphatic rings. The van der Waals surface area contributed by atoms with E-state index in [-0.39, 0.29) is 46.5 Å². The molecule has 9 heteroatoms. The first-order chi connectivity index (χ1) is 19.7. The number of hydrogen-bond acceptors (Lipinski definition) is 6. The number of likely N-dealkylation sites (tertiary alicyclic amines) is 1. The van der Waals surface area contributed by atoms with Gasteiger partial charge in [-0.1, -0.05) is 70.5 Å². The lowest BCUT2D eigenvalue weighted by atomic mass is 9.43. The van der Waals surface area contributed by atoms with Gasteiger partial charge in [0.05, 0.1) is 24.3 Å². The summed E-state index contributed by atoms with van der Waals surface area (Å²) in [5.74, 6) is 0.412. The van der Waals surface area contributed by atoms with Crippen molar-refractivity contribution >= 4 is 19.1 Å². The van der Waals surface area contributed by atoms with Crippen molar-refractivity contribution in [3.05, 3.63) is 47.0 Å². The summed E-state index contributed by atoms with van der Waals surface area (Å²) in [6, 6.07) is 10.3. The van der Waals surface area contributed by atoms with Crippen molar-refractivity contribution in [2.75, 3.05) is 19.7 Å². The summed E-state index contributed by atoms with van der Waals surface area (Å²) in [6.07, 6.45) is 4.64. The normalized spacial score (nSPS) is 30.7. The fourth-order valence-corrected chi connectivity index (χ4v) is 7.55. The van der Waals surface area contributed by atoms with E-state index in [0.717, 1.165) is 18.4 Å². The summed E-state index contributed by atoms with van der Waals surface area (Å²) in [6.45, 7) is 16.0. The molecule has 2 saturated heterocycles. The molecule has 5 fully saturated rings. The molecular weight excluding hydrogens is 529 g/mol. The van der Waals surface area contributed by atoms with E-state index in [0.29, 0.717) is 37.8 Å². The second-order valence-electron chi connectivity index (χ2n) is 14.8. The first-order valence-corrected chi connectivity index (χ1v) is 15.4. The van der Waals surface area contributed by atoms with Crippen LogP contribution in [0.5, 0.6) is 0 Å². The fraction of sp³-hybridized carbons (Fsp3) is 0.667. The molecule has 0 radical (unpaired) electrons. The zero-order valence-electron chi connectivity index (χ0n) is 26.2. The van der Waals surface area contributed by atoms with Crippen LogP contribution >= 0.6 is 0 Å². The molecule has 6 atom stereocenters. The third-order valence-electron chi connectivity index (χ3n) is 10.1. The lowest BCUT2D eigenvalue weighted by molar-refractivity contribution is -0.199. The van der Waals surface area contributed by atoms with Crippen LogP contribution in [0.25, 0.3) is 0 Å². The van der Waals surface area contributed by atoms with E-state index < -0.39 is 19.2 Å². The lowest BCUT2D eigenvalue weighted by Gasteiger charge is -2.64. The molecule has 3 aliphatic carbocycles. The number of nitrogens with zero attached hydrogens (tertiary/aromatic N) is 2. The van der Waals surface area contributed by atoms with Crippen LogP contribution < -0.4 is 5.32 Å². The molecule has 0 spiro atoms. The molecule has 2 heterocycles. The van der Waals surface area contributed by atoms with Gasteiger partial charge < -0.3 is 24.3 Å². The van der Waals surface area contributed by atoms with E-state index in [1.807, 2.05) is 20.8 Å². The van der Waals surface area contributed by atoms with E-state index in [4.69, 9.17) is 14.0 Å². The molecule has 2 amide bonds. The summed E-state index contributed by atoms with van der Waals surface area (Å²) in [4.78, 5) is 27.7. The van der Waals surface area contributed by atoms with Crippen molar-refractivity contribution in [2.24, 2.45) is 28.6 Å². The number of nitriles is 1. The highest BCUT2D eigenvalue weighted by Gasteiger charge is 2.68. The Hall–Kier alpha value is -2.83. The highest BCUT2D eigenvalue weighted by molar-refractivity contribution is 6.47. The summed E-state index contributed by atoms with van der Waals surface area (Å²) in [5.41, 5.74) is 2.02. The third kappa shape index (κ3) is 6.12. The largest absolute Gasteiger partial charge is 0.482 e. The van der Waals surface area contributed by atoms with Crippen molar-refractivity contribution < 1.29 is 23.6 Å². The maximum absolute atomic E-state index is 13.1. The van der Waals surface area contributed by atoms with Gasteiger partial charge in [0.2, 0.25) is 0 Å². The van der Waals surface area contributed by atoms with Gasteiger partial charge in [0.25, 0.3) is 5.91 Å². The lowest BCUT2D eigenvalue weighted by Crippen LogP contribution is -2.65. The number of rotatable bonds is 7. The number of aryl methyl sites for hydroxylation is 1. The first-order valence-electron chi connectivity index (χ1n) is 15.4. The van der Waals surface area contributed by atoms with Crippen LogP contribution in [0.2, 0.25) is 0 Å². The van der Waals surface area contributed by atoms with Gasteiger partial charge in [-0.2, -0.15) is 5.26 Å². The van der Waals surface area contributed by atoms with Crippen LogP contribution in [0.15, 0.2) is 35.9 Å². The molecule has 2 aliphatic heterocycles. The number of amides is 2. The molecule has 3 saturated carbocycles. The minimum absolute atomic E-state index is 0.0135. The molecule has 8 nitrogen and oxygen atoms in total. The van der Waals surface area contributed by atoms with E-state index in [2.05, 4.69) is 63.3 Å². The van der Waals surface area contributed by atoms with Crippen molar-refractivity contribution in [3.63, 3.8) is 0 Å². The Balaban J connectivity index is 1.20. The third-order valence-corrected chi connectivity index (χ3v) is 10.1. The number of nitrogens with one attached hydrogen (secondary N) is 1. The molecule has 226 valence electrons. The second-order valence-corrected chi connectivity index (χ2v) is 14.8. The minimum atomic E-state index is -0.567. The van der Waals surface area contributed by atoms with Crippen LogP contribution in [0.1, 0.15) is 71.9 Å². The van der Waals surface area contributed by atoms with Crippen LogP contribution in [0, 0.1) is 46.8 Å². The topological polar surface area (TPSA) is 101 Å². The first kappa shape index (κ1) is 30.6. The zero-order chi connectivity index (χ0) is 30.4. The molecule has 42 heavy (non-hydrogen) atoms. The molecule has 1 aromatic rings. The fourth-order valence-electron chi connectivity index (χ4n) is 7.55. The van der Waals surface area contributed by atoms with Gasteiger partial charge in [-0.05, 0) is 67.8 Å². The molecule has 1 N–H and O–H groups in total. The number of allylic oxidation sites excluding steroid dienone is 1. The Kier molecular flexibility index (Phi) is 8.28. The van der Waals surface area contributed by atoms with Gasteiger partial charge in [0.1, 0.15) is 11.6 Å². The Bertz CT molecular complexity index is 1270. The number of carbonyl (C=O) groups excluding carboxylic acids is 2. The number of carbonyl (C=O) groups is 2.